The lowest BCUT2D eigenvalue weighted by molar-refractivity contribution is -0.168. The maximum Gasteiger partial charge on any atom is 0.322 e. The second kappa shape index (κ2) is 2.90. The number of ketones is 1. The van der Waals surface area contributed by atoms with Crippen molar-refractivity contribution in [1.29, 1.82) is 0 Å². The van der Waals surface area contributed by atoms with E-state index in [1.165, 1.54) is 0 Å². The molecule has 3 nitrogen and oxygen atoms in total. The van der Waals surface area contributed by atoms with Crippen LogP contribution in [0.15, 0.2) is 24.3 Å². The van der Waals surface area contributed by atoms with E-state index in [-0.39, 0.29) is 28.5 Å². The van der Waals surface area contributed by atoms with Crippen LogP contribution in [0.25, 0.3) is 0 Å². The zero-order valence-electron chi connectivity index (χ0n) is 12.7. The number of esters is 1. The molecule has 4 atom stereocenters. The molecule has 0 N–H and O–H groups in total. The van der Waals surface area contributed by atoms with Gasteiger partial charge in [-0.05, 0) is 45.4 Å². The first-order valence-corrected chi connectivity index (χ1v) is 7.96. The molecule has 6 bridgehead atoms. The van der Waals surface area contributed by atoms with Crippen LogP contribution in [0.5, 0.6) is 0 Å². The van der Waals surface area contributed by atoms with Gasteiger partial charge in [-0.25, -0.2) is 0 Å². The molecule has 5 saturated carbocycles. The fraction of sp³-hybridized carbons (Fsp3) is 0.667. The van der Waals surface area contributed by atoms with Crippen LogP contribution < -0.4 is 0 Å². The second-order valence-corrected chi connectivity index (χ2v) is 8.54. The zero-order chi connectivity index (χ0) is 14.8. The highest BCUT2D eigenvalue weighted by Gasteiger charge is 3.00. The summed E-state index contributed by atoms with van der Waals surface area (Å²) in [4.78, 5) is 26.1. The molecular formula is C18H20O3. The van der Waals surface area contributed by atoms with Crippen molar-refractivity contribution in [1.82, 2.24) is 0 Å². The van der Waals surface area contributed by atoms with Gasteiger partial charge in [0.2, 0.25) is 0 Å². The number of hydrogen-bond acceptors (Lipinski definition) is 3. The first-order chi connectivity index (χ1) is 9.81. The Kier molecular flexibility index (Phi) is 1.69. The summed E-state index contributed by atoms with van der Waals surface area (Å²) in [6, 6.07) is 0. The van der Waals surface area contributed by atoms with E-state index in [1.807, 2.05) is 32.9 Å². The van der Waals surface area contributed by atoms with Crippen molar-refractivity contribution in [2.45, 2.75) is 39.2 Å². The maximum absolute atomic E-state index is 13.1. The van der Waals surface area contributed by atoms with E-state index in [9.17, 15) is 9.59 Å². The molecule has 0 aromatic carbocycles. The molecule has 0 aliphatic heterocycles. The van der Waals surface area contributed by atoms with Gasteiger partial charge in [-0.1, -0.05) is 24.3 Å². The average molecular weight is 284 g/mol. The van der Waals surface area contributed by atoms with Gasteiger partial charge in [-0.15, -0.1) is 0 Å². The Morgan fingerprint density at radius 1 is 1.14 bits per heavy atom. The number of allylic oxidation sites excluding steroid dienone is 4. The van der Waals surface area contributed by atoms with Crippen LogP contribution in [-0.4, -0.2) is 17.4 Å². The maximum atomic E-state index is 13.1. The summed E-state index contributed by atoms with van der Waals surface area (Å²) in [6.07, 6.45) is 10.3. The third kappa shape index (κ3) is 0.949. The Morgan fingerprint density at radius 3 is 2.14 bits per heavy atom. The zero-order valence-corrected chi connectivity index (χ0v) is 12.7. The van der Waals surface area contributed by atoms with Crippen molar-refractivity contribution in [3.05, 3.63) is 24.3 Å². The van der Waals surface area contributed by atoms with Crippen molar-refractivity contribution in [2.24, 2.45) is 34.0 Å². The minimum absolute atomic E-state index is 0.140. The van der Waals surface area contributed by atoms with Crippen molar-refractivity contribution in [3.63, 3.8) is 0 Å². The number of hydrogen-bond donors (Lipinski definition) is 0. The first-order valence-electron chi connectivity index (χ1n) is 7.96. The Hall–Kier alpha value is -1.38. The summed E-state index contributed by atoms with van der Waals surface area (Å²) >= 11 is 0. The molecule has 6 rings (SSSR count). The van der Waals surface area contributed by atoms with Gasteiger partial charge in [-0.2, -0.15) is 0 Å². The Morgan fingerprint density at radius 2 is 1.67 bits per heavy atom. The standard InChI is InChI=1S/C18H20O3/c1-15(2,3)21-14(20)18-13(19)12-10-8-16(18)6-4-5-7-17(16,18)9-11(10)12/h4-7,10-12H,8-9H2,1-3H3. The van der Waals surface area contributed by atoms with Crippen LogP contribution in [0.3, 0.4) is 0 Å². The SMILES string of the molecule is CC(C)(C)OC(=O)C12C(=O)C3C4CC15C=CC=CC52CC43. The molecule has 0 heterocycles. The van der Waals surface area contributed by atoms with Crippen LogP contribution in [0.1, 0.15) is 33.6 Å². The number of Topliss-reactive ketones (excluding diaryl/α,β-unsaturated/α-hetero) is 1. The average Bonchev–Trinajstić information content (AvgIpc) is 3.21. The molecule has 4 unspecified atom stereocenters. The fourth-order valence-corrected chi connectivity index (χ4v) is 6.19. The predicted octanol–water partition coefficient (Wildman–Crippen LogP) is 2.67. The van der Waals surface area contributed by atoms with Gasteiger partial charge in [0.15, 0.2) is 5.78 Å². The van der Waals surface area contributed by atoms with E-state index in [0.29, 0.717) is 11.8 Å². The van der Waals surface area contributed by atoms with Crippen molar-refractivity contribution < 1.29 is 14.3 Å². The van der Waals surface area contributed by atoms with Crippen LogP contribution in [0.2, 0.25) is 0 Å². The molecule has 6 aliphatic rings. The summed E-state index contributed by atoms with van der Waals surface area (Å²) in [5.74, 6) is 1.10. The van der Waals surface area contributed by atoms with Crippen molar-refractivity contribution in [2.75, 3.05) is 0 Å². The highest BCUT2D eigenvalue weighted by atomic mass is 16.6. The third-order valence-corrected chi connectivity index (χ3v) is 6.77. The summed E-state index contributed by atoms with van der Waals surface area (Å²) in [6.45, 7) is 5.63. The highest BCUT2D eigenvalue weighted by Crippen LogP contribution is 2.95. The van der Waals surface area contributed by atoms with Gasteiger partial charge in [-0.3, -0.25) is 9.59 Å². The first kappa shape index (κ1) is 12.2. The third-order valence-electron chi connectivity index (χ3n) is 6.77. The second-order valence-electron chi connectivity index (χ2n) is 8.54. The number of rotatable bonds is 1. The van der Waals surface area contributed by atoms with Crippen LogP contribution in [-0.2, 0) is 14.3 Å². The van der Waals surface area contributed by atoms with Gasteiger partial charge >= 0.3 is 5.97 Å². The smallest absolute Gasteiger partial charge is 0.322 e. The Labute approximate surface area is 124 Å². The lowest BCUT2D eigenvalue weighted by Crippen LogP contribution is -2.42. The van der Waals surface area contributed by atoms with E-state index in [4.69, 9.17) is 4.74 Å². The van der Waals surface area contributed by atoms with Crippen LogP contribution >= 0.6 is 0 Å². The summed E-state index contributed by atoms with van der Waals surface area (Å²) in [7, 11) is 0. The number of ether oxygens (including phenoxy) is 1. The van der Waals surface area contributed by atoms with E-state index in [2.05, 4.69) is 12.2 Å². The molecule has 0 aromatic heterocycles. The Balaban J connectivity index is 1.68. The van der Waals surface area contributed by atoms with Gasteiger partial charge in [0, 0.05) is 16.7 Å². The normalized spacial score (nSPS) is 54.0. The minimum Gasteiger partial charge on any atom is -0.459 e. The largest absolute Gasteiger partial charge is 0.459 e. The molecule has 21 heavy (non-hydrogen) atoms. The van der Waals surface area contributed by atoms with E-state index in [0.717, 1.165) is 12.8 Å². The minimum atomic E-state index is -0.912. The van der Waals surface area contributed by atoms with E-state index >= 15 is 0 Å². The molecular weight excluding hydrogens is 264 g/mol. The quantitative estimate of drug-likeness (QED) is 0.549. The van der Waals surface area contributed by atoms with E-state index < -0.39 is 11.0 Å². The van der Waals surface area contributed by atoms with Gasteiger partial charge < -0.3 is 4.74 Å². The van der Waals surface area contributed by atoms with Gasteiger partial charge in [0.1, 0.15) is 11.0 Å². The topological polar surface area (TPSA) is 43.4 Å². The molecule has 0 saturated heterocycles. The fourth-order valence-electron chi connectivity index (χ4n) is 6.19. The molecule has 0 aromatic rings. The summed E-state index contributed by atoms with van der Waals surface area (Å²) in [5.41, 5.74) is -2.01. The number of carbonyl (C=O) groups is 2. The Bertz CT molecular complexity index is 630. The molecule has 5 fully saturated rings. The molecule has 3 heteroatoms. The molecule has 2 spiro atoms. The highest BCUT2D eigenvalue weighted by molar-refractivity contribution is 6.15. The van der Waals surface area contributed by atoms with Crippen molar-refractivity contribution >= 4 is 11.8 Å². The predicted molar refractivity (Wildman–Crippen MR) is 76.1 cm³/mol. The van der Waals surface area contributed by atoms with Crippen molar-refractivity contribution in [3.8, 4) is 0 Å². The molecule has 6 aliphatic carbocycles. The molecule has 0 radical (unpaired) electrons. The number of carbonyl (C=O) groups excluding carboxylic acids is 2. The van der Waals surface area contributed by atoms with Gasteiger partial charge in [0.05, 0.1) is 0 Å². The van der Waals surface area contributed by atoms with Crippen LogP contribution in [0.4, 0.5) is 0 Å². The summed E-state index contributed by atoms with van der Waals surface area (Å²) < 4.78 is 5.71. The lowest BCUT2D eigenvalue weighted by atomic mass is 9.77. The van der Waals surface area contributed by atoms with E-state index in [1.54, 1.807) is 0 Å². The molecule has 0 amide bonds. The monoisotopic (exact) mass is 284 g/mol. The molecule has 110 valence electrons. The van der Waals surface area contributed by atoms with Crippen LogP contribution in [0, 0.1) is 34.0 Å². The van der Waals surface area contributed by atoms with Gasteiger partial charge in [0.25, 0.3) is 0 Å². The summed E-state index contributed by atoms with van der Waals surface area (Å²) in [5, 5.41) is 0. The lowest BCUT2D eigenvalue weighted by Gasteiger charge is -2.29.